The van der Waals surface area contributed by atoms with Crippen molar-refractivity contribution in [1.82, 2.24) is 10.6 Å². The summed E-state index contributed by atoms with van der Waals surface area (Å²) in [6.45, 7) is 8.64. The van der Waals surface area contributed by atoms with Crippen LogP contribution in [0.5, 0.6) is 0 Å². The van der Waals surface area contributed by atoms with Crippen LogP contribution in [0.2, 0.25) is 0 Å². The van der Waals surface area contributed by atoms with Crippen molar-refractivity contribution in [2.45, 2.75) is 84.0 Å². The topological polar surface area (TPSA) is 98.7 Å². The molecule has 29 heavy (non-hydrogen) atoms. The summed E-state index contributed by atoms with van der Waals surface area (Å²) in [5.41, 5.74) is -1.14. The van der Waals surface area contributed by atoms with E-state index in [0.29, 0.717) is 19.4 Å². The quantitative estimate of drug-likeness (QED) is 0.565. The highest BCUT2D eigenvalue weighted by Crippen LogP contribution is 2.67. The Bertz CT molecular complexity index is 749. The molecule has 0 aromatic rings. The third kappa shape index (κ3) is 2.89. The van der Waals surface area contributed by atoms with Crippen LogP contribution in [0, 0.1) is 28.6 Å². The van der Waals surface area contributed by atoms with Crippen molar-refractivity contribution in [3.63, 3.8) is 0 Å². The van der Waals surface area contributed by atoms with Gasteiger partial charge in [-0.25, -0.2) is 0 Å². The summed E-state index contributed by atoms with van der Waals surface area (Å²) in [6.07, 6.45) is 5.40. The molecule has 3 fully saturated rings. The standard InChI is InChI=1S/C23H36N2O4/c1-13(2)25-20(28)23(29)8-7-16-15-6-5-14-11-18(27)24-10-9-21(14,3)19(15)17(26)12-22(16,23)4/h11,13,15-17,19,26,29H,5-10,12H2,1-4H3,(H,24,27)(H,25,28)/t15?,16?,17-,19?,21-,22-,23-/m0/s1. The summed E-state index contributed by atoms with van der Waals surface area (Å²) in [5.74, 6) is 0.181. The molecule has 0 spiro atoms. The number of amides is 2. The maximum Gasteiger partial charge on any atom is 0.252 e. The predicted molar refractivity (Wildman–Crippen MR) is 110 cm³/mol. The largest absolute Gasteiger partial charge is 0.393 e. The number of fused-ring (bicyclic) bond motifs is 5. The van der Waals surface area contributed by atoms with Crippen molar-refractivity contribution in [1.29, 1.82) is 0 Å². The van der Waals surface area contributed by atoms with E-state index >= 15 is 0 Å². The molecule has 4 aliphatic rings. The van der Waals surface area contributed by atoms with Crippen LogP contribution in [0.25, 0.3) is 0 Å². The third-order valence-electron chi connectivity index (χ3n) is 8.87. The lowest BCUT2D eigenvalue weighted by molar-refractivity contribution is -0.181. The van der Waals surface area contributed by atoms with Gasteiger partial charge in [0.25, 0.3) is 5.91 Å². The van der Waals surface area contributed by atoms with Gasteiger partial charge in [0.2, 0.25) is 5.91 Å². The van der Waals surface area contributed by atoms with Crippen LogP contribution >= 0.6 is 0 Å². The first-order valence-corrected chi connectivity index (χ1v) is 11.2. The zero-order valence-electron chi connectivity index (χ0n) is 18.1. The first-order valence-electron chi connectivity index (χ1n) is 11.2. The lowest BCUT2D eigenvalue weighted by atomic mass is 9.46. The Balaban J connectivity index is 1.69. The highest BCUT2D eigenvalue weighted by atomic mass is 16.3. The number of aliphatic hydroxyl groups excluding tert-OH is 1. The van der Waals surface area contributed by atoms with Gasteiger partial charge in [0.15, 0.2) is 0 Å². The summed E-state index contributed by atoms with van der Waals surface area (Å²) < 4.78 is 0. The molecule has 2 amide bonds. The van der Waals surface area contributed by atoms with E-state index in [0.717, 1.165) is 31.3 Å². The second kappa shape index (κ2) is 6.81. The van der Waals surface area contributed by atoms with Crippen LogP contribution in [0.15, 0.2) is 11.6 Å². The maximum absolute atomic E-state index is 13.0. The molecule has 4 N–H and O–H groups in total. The lowest BCUT2D eigenvalue weighted by Gasteiger charge is -2.59. The Morgan fingerprint density at radius 1 is 1.28 bits per heavy atom. The number of aliphatic hydroxyl groups is 2. The van der Waals surface area contributed by atoms with Gasteiger partial charge >= 0.3 is 0 Å². The normalized spacial score (nSPS) is 46.7. The van der Waals surface area contributed by atoms with E-state index in [1.165, 1.54) is 0 Å². The fourth-order valence-corrected chi connectivity index (χ4v) is 7.45. The van der Waals surface area contributed by atoms with Crippen LogP contribution in [0.1, 0.15) is 66.2 Å². The van der Waals surface area contributed by atoms with Gasteiger partial charge in [-0.15, -0.1) is 0 Å². The molecule has 162 valence electrons. The number of rotatable bonds is 2. The second-order valence-electron chi connectivity index (χ2n) is 10.7. The summed E-state index contributed by atoms with van der Waals surface area (Å²) in [5, 5.41) is 28.8. The number of nitrogens with one attached hydrogen (secondary N) is 2. The van der Waals surface area contributed by atoms with Gasteiger partial charge in [-0.2, -0.15) is 0 Å². The average molecular weight is 405 g/mol. The van der Waals surface area contributed by atoms with Crippen molar-refractivity contribution >= 4 is 11.8 Å². The van der Waals surface area contributed by atoms with E-state index in [1.54, 1.807) is 6.08 Å². The SMILES string of the molecule is CC(C)NC(=O)[C@@]1(O)CCC2C3CCC4=CC(=O)NCC[C@]4(C)C3[C@@H](O)C[C@@]21C. The van der Waals surface area contributed by atoms with E-state index in [1.807, 2.05) is 20.8 Å². The predicted octanol–water partition coefficient (Wildman–Crippen LogP) is 1.90. The minimum absolute atomic E-state index is 0.0297. The van der Waals surface area contributed by atoms with E-state index in [-0.39, 0.29) is 41.0 Å². The fourth-order valence-electron chi connectivity index (χ4n) is 7.45. The molecular weight excluding hydrogens is 368 g/mol. The average Bonchev–Trinajstić information content (AvgIpc) is 2.78. The molecule has 1 heterocycles. The minimum Gasteiger partial charge on any atom is -0.393 e. The van der Waals surface area contributed by atoms with Crippen molar-refractivity contribution in [3.8, 4) is 0 Å². The molecule has 6 nitrogen and oxygen atoms in total. The van der Waals surface area contributed by atoms with Crippen molar-refractivity contribution in [2.24, 2.45) is 28.6 Å². The van der Waals surface area contributed by atoms with Crippen LogP contribution in [0.4, 0.5) is 0 Å². The maximum atomic E-state index is 13.0. The second-order valence-corrected chi connectivity index (χ2v) is 10.7. The number of allylic oxidation sites excluding steroid dienone is 1. The fraction of sp³-hybridized carbons (Fsp3) is 0.826. The molecule has 0 aromatic heterocycles. The minimum atomic E-state index is -1.44. The molecule has 3 saturated carbocycles. The summed E-state index contributed by atoms with van der Waals surface area (Å²) in [7, 11) is 0. The number of hydrogen-bond donors (Lipinski definition) is 4. The Labute approximate surface area is 173 Å². The number of carbonyl (C=O) groups excluding carboxylic acids is 2. The number of carbonyl (C=O) groups is 2. The highest BCUT2D eigenvalue weighted by Gasteiger charge is 2.68. The van der Waals surface area contributed by atoms with E-state index in [2.05, 4.69) is 17.6 Å². The van der Waals surface area contributed by atoms with Crippen molar-refractivity contribution in [3.05, 3.63) is 11.6 Å². The molecular formula is C23H36N2O4. The van der Waals surface area contributed by atoms with Crippen LogP contribution in [-0.4, -0.2) is 46.3 Å². The van der Waals surface area contributed by atoms with Gasteiger partial charge in [-0.3, -0.25) is 9.59 Å². The zero-order valence-corrected chi connectivity index (χ0v) is 18.1. The zero-order chi connectivity index (χ0) is 21.2. The van der Waals surface area contributed by atoms with Crippen LogP contribution < -0.4 is 10.6 Å². The highest BCUT2D eigenvalue weighted by molar-refractivity contribution is 5.89. The van der Waals surface area contributed by atoms with Gasteiger partial charge in [0.05, 0.1) is 6.10 Å². The first-order chi connectivity index (χ1) is 13.5. The Morgan fingerprint density at radius 2 is 2.00 bits per heavy atom. The third-order valence-corrected chi connectivity index (χ3v) is 8.87. The van der Waals surface area contributed by atoms with E-state index in [9.17, 15) is 19.8 Å². The molecule has 0 bridgehead atoms. The molecule has 0 saturated heterocycles. The van der Waals surface area contributed by atoms with Gasteiger partial charge in [0, 0.05) is 24.1 Å². The van der Waals surface area contributed by atoms with Crippen molar-refractivity contribution in [2.75, 3.05) is 6.54 Å². The Kier molecular flexibility index (Phi) is 4.90. The first kappa shape index (κ1) is 20.9. The van der Waals surface area contributed by atoms with Crippen LogP contribution in [-0.2, 0) is 9.59 Å². The molecule has 4 rings (SSSR count). The molecule has 1 aliphatic heterocycles. The summed E-state index contributed by atoms with van der Waals surface area (Å²) >= 11 is 0. The van der Waals surface area contributed by atoms with Gasteiger partial charge in [0.1, 0.15) is 5.60 Å². The van der Waals surface area contributed by atoms with E-state index in [4.69, 9.17) is 0 Å². The van der Waals surface area contributed by atoms with Crippen LogP contribution in [0.3, 0.4) is 0 Å². The molecule has 6 heteroatoms. The summed E-state index contributed by atoms with van der Waals surface area (Å²) in [4.78, 5) is 25.1. The molecule has 3 unspecified atom stereocenters. The van der Waals surface area contributed by atoms with Gasteiger partial charge in [-0.1, -0.05) is 19.4 Å². The Hall–Kier alpha value is -1.40. The molecule has 7 atom stereocenters. The van der Waals surface area contributed by atoms with Gasteiger partial charge < -0.3 is 20.8 Å². The Morgan fingerprint density at radius 3 is 2.69 bits per heavy atom. The molecule has 0 aromatic carbocycles. The molecule has 0 radical (unpaired) electrons. The monoisotopic (exact) mass is 404 g/mol. The van der Waals surface area contributed by atoms with E-state index < -0.39 is 17.1 Å². The smallest absolute Gasteiger partial charge is 0.252 e. The molecule has 3 aliphatic carbocycles. The van der Waals surface area contributed by atoms with Gasteiger partial charge in [-0.05, 0) is 75.5 Å². The number of hydrogen-bond acceptors (Lipinski definition) is 4. The lowest BCUT2D eigenvalue weighted by Crippen LogP contribution is -2.63. The summed E-state index contributed by atoms with van der Waals surface area (Å²) in [6, 6.07) is -0.0345. The van der Waals surface area contributed by atoms with Crippen molar-refractivity contribution < 1.29 is 19.8 Å².